The van der Waals surface area contributed by atoms with Crippen molar-refractivity contribution in [2.75, 3.05) is 40.5 Å². The van der Waals surface area contributed by atoms with Gasteiger partial charge in [0.25, 0.3) is 0 Å². The fraction of sp³-hybridized carbons (Fsp3) is 0.500. The maximum Gasteiger partial charge on any atom is 0.241 e. The Morgan fingerprint density at radius 1 is 1.23 bits per heavy atom. The van der Waals surface area contributed by atoms with E-state index >= 15 is 0 Å². The number of carbonyl (C=O) groups excluding carboxylic acids is 1. The van der Waals surface area contributed by atoms with Gasteiger partial charge in [-0.25, -0.2) is 17.1 Å². The fourth-order valence-electron chi connectivity index (χ4n) is 1.93. The van der Waals surface area contributed by atoms with E-state index in [0.717, 1.165) is 10.6 Å². The van der Waals surface area contributed by atoms with Gasteiger partial charge >= 0.3 is 0 Å². The maximum absolute atomic E-state index is 13.0. The van der Waals surface area contributed by atoms with Crippen LogP contribution >= 0.6 is 0 Å². The Balaban J connectivity index is 2.69. The van der Waals surface area contributed by atoms with Crippen molar-refractivity contribution in [3.8, 4) is 0 Å². The number of nitrogens with one attached hydrogen (secondary N) is 1. The Labute approximate surface area is 131 Å². The number of carbonyl (C=O) groups is 1. The highest BCUT2D eigenvalue weighted by Crippen LogP contribution is 2.18. The van der Waals surface area contributed by atoms with E-state index in [-0.39, 0.29) is 24.8 Å². The minimum Gasteiger partial charge on any atom is -0.353 e. The van der Waals surface area contributed by atoms with E-state index in [1.165, 1.54) is 19.2 Å². The average molecular weight is 331 g/mol. The van der Waals surface area contributed by atoms with Crippen molar-refractivity contribution in [3.05, 3.63) is 35.6 Å². The van der Waals surface area contributed by atoms with Crippen LogP contribution in [0, 0.1) is 5.82 Å². The molecule has 0 saturated heterocycles. The molecule has 1 aromatic carbocycles. The predicted octanol–water partition coefficient (Wildman–Crippen LogP) is 0.436. The molecule has 1 N–H and O–H groups in total. The zero-order valence-corrected chi connectivity index (χ0v) is 14.0. The summed E-state index contributed by atoms with van der Waals surface area (Å²) in [4.78, 5) is 14.0. The van der Waals surface area contributed by atoms with E-state index in [2.05, 4.69) is 5.32 Å². The van der Waals surface area contributed by atoms with E-state index in [1.807, 2.05) is 0 Å². The molecule has 0 aromatic heterocycles. The second-order valence-corrected chi connectivity index (χ2v) is 7.38. The molecule has 0 aliphatic heterocycles. The zero-order chi connectivity index (χ0) is 16.9. The number of halogens is 1. The third kappa shape index (κ3) is 5.36. The summed E-state index contributed by atoms with van der Waals surface area (Å²) in [5.41, 5.74) is 0.667. The number of sulfonamides is 1. The highest BCUT2D eigenvalue weighted by Gasteiger charge is 2.23. The van der Waals surface area contributed by atoms with Gasteiger partial charge < -0.3 is 5.32 Å². The predicted molar refractivity (Wildman–Crippen MR) is 83.3 cm³/mol. The third-order valence-electron chi connectivity index (χ3n) is 3.24. The van der Waals surface area contributed by atoms with Gasteiger partial charge in [0, 0.05) is 20.1 Å². The summed E-state index contributed by atoms with van der Waals surface area (Å²) in [6, 6.07) is 5.15. The summed E-state index contributed by atoms with van der Waals surface area (Å²) in [5, 5.41) is 2.70. The number of benzene rings is 1. The molecule has 1 aromatic rings. The molecule has 0 unspecified atom stereocenters. The molecular weight excluding hydrogens is 309 g/mol. The number of hydrogen-bond donors (Lipinski definition) is 1. The van der Waals surface area contributed by atoms with E-state index in [4.69, 9.17) is 0 Å². The summed E-state index contributed by atoms with van der Waals surface area (Å²) in [6.07, 6.45) is 1.11. The lowest BCUT2D eigenvalue weighted by atomic mass is 10.1. The van der Waals surface area contributed by atoms with Gasteiger partial charge in [-0.2, -0.15) is 0 Å². The zero-order valence-electron chi connectivity index (χ0n) is 13.2. The molecule has 0 heterocycles. The molecule has 0 bridgehead atoms. The van der Waals surface area contributed by atoms with Crippen LogP contribution in [0.15, 0.2) is 24.3 Å². The highest BCUT2D eigenvalue weighted by atomic mass is 32.2. The van der Waals surface area contributed by atoms with Crippen LogP contribution in [0.1, 0.15) is 11.6 Å². The fourth-order valence-corrected chi connectivity index (χ4v) is 2.35. The molecule has 22 heavy (non-hydrogen) atoms. The van der Waals surface area contributed by atoms with Crippen molar-refractivity contribution in [3.63, 3.8) is 0 Å². The molecule has 8 heteroatoms. The Morgan fingerprint density at radius 3 is 2.23 bits per heavy atom. The summed E-state index contributed by atoms with van der Waals surface area (Å²) in [7, 11) is 1.68. The quantitative estimate of drug-likeness (QED) is 0.787. The van der Waals surface area contributed by atoms with Crippen LogP contribution in [-0.4, -0.2) is 64.0 Å². The van der Waals surface area contributed by atoms with E-state index in [0.29, 0.717) is 5.56 Å². The second-order valence-electron chi connectivity index (χ2n) is 5.29. The largest absolute Gasteiger partial charge is 0.353 e. The summed E-state index contributed by atoms with van der Waals surface area (Å²) < 4.78 is 36.7. The summed E-state index contributed by atoms with van der Waals surface area (Å²) in [5.74, 6) is -0.630. The maximum atomic E-state index is 13.0. The lowest BCUT2D eigenvalue weighted by molar-refractivity contribution is -0.125. The molecule has 6 nitrogen and oxygen atoms in total. The normalized spacial score (nSPS) is 13.4. The molecule has 1 rings (SSSR count). The van der Waals surface area contributed by atoms with Gasteiger partial charge in [-0.1, -0.05) is 12.1 Å². The van der Waals surface area contributed by atoms with E-state index < -0.39 is 16.1 Å². The highest BCUT2D eigenvalue weighted by molar-refractivity contribution is 7.88. The molecule has 0 aliphatic carbocycles. The van der Waals surface area contributed by atoms with Crippen molar-refractivity contribution < 1.29 is 17.6 Å². The first kappa shape index (κ1) is 18.5. The van der Waals surface area contributed by atoms with Crippen molar-refractivity contribution in [2.45, 2.75) is 6.04 Å². The van der Waals surface area contributed by atoms with Crippen molar-refractivity contribution in [1.29, 1.82) is 0 Å². The van der Waals surface area contributed by atoms with Crippen molar-refractivity contribution in [2.24, 2.45) is 0 Å². The Hall–Kier alpha value is -1.51. The number of amides is 1. The van der Waals surface area contributed by atoms with Crippen LogP contribution in [0.4, 0.5) is 4.39 Å². The molecule has 0 radical (unpaired) electrons. The van der Waals surface area contributed by atoms with E-state index in [9.17, 15) is 17.6 Å². The van der Waals surface area contributed by atoms with Crippen LogP contribution in [0.3, 0.4) is 0 Å². The molecule has 0 fully saturated rings. The summed E-state index contributed by atoms with van der Waals surface area (Å²) >= 11 is 0. The Morgan fingerprint density at radius 2 is 1.77 bits per heavy atom. The monoisotopic (exact) mass is 331 g/mol. The van der Waals surface area contributed by atoms with Crippen LogP contribution in [0.2, 0.25) is 0 Å². The first-order chi connectivity index (χ1) is 10.1. The molecule has 0 aliphatic rings. The van der Waals surface area contributed by atoms with Gasteiger partial charge in [-0.15, -0.1) is 0 Å². The van der Waals surface area contributed by atoms with Gasteiger partial charge in [0.2, 0.25) is 15.9 Å². The molecule has 124 valence electrons. The number of rotatable bonds is 7. The van der Waals surface area contributed by atoms with Crippen LogP contribution in [0.5, 0.6) is 0 Å². The standard InChI is InChI=1S/C14H22FN3O3S/c1-17(2)13(11-5-7-12(15)8-6-11)14(19)16-9-10-18(3)22(4,20)21/h5-8,13H,9-10H2,1-4H3,(H,16,19)/t13-/m0/s1. The molecular formula is C14H22FN3O3S. The number of likely N-dealkylation sites (N-methyl/N-ethyl adjacent to an activating group) is 2. The first-order valence-corrected chi connectivity index (χ1v) is 8.58. The van der Waals surface area contributed by atoms with Crippen molar-refractivity contribution in [1.82, 2.24) is 14.5 Å². The minimum absolute atomic E-state index is 0.189. The molecule has 1 atom stereocenters. The average Bonchev–Trinajstić information content (AvgIpc) is 2.39. The number of nitrogens with zero attached hydrogens (tertiary/aromatic N) is 2. The van der Waals surface area contributed by atoms with Gasteiger partial charge in [-0.3, -0.25) is 9.69 Å². The van der Waals surface area contributed by atoms with Crippen molar-refractivity contribution >= 4 is 15.9 Å². The second kappa shape index (κ2) is 7.66. The first-order valence-electron chi connectivity index (χ1n) is 6.74. The Kier molecular flexibility index (Phi) is 6.46. The van der Waals surface area contributed by atoms with Gasteiger partial charge in [-0.05, 0) is 31.8 Å². The van der Waals surface area contributed by atoms with Crippen LogP contribution in [-0.2, 0) is 14.8 Å². The Bertz CT molecular complexity index is 602. The lowest BCUT2D eigenvalue weighted by Crippen LogP contribution is -2.41. The number of hydrogen-bond acceptors (Lipinski definition) is 4. The minimum atomic E-state index is -3.26. The lowest BCUT2D eigenvalue weighted by Gasteiger charge is -2.24. The SMILES string of the molecule is CN(C)[C@H](C(=O)NCCN(C)S(C)(=O)=O)c1ccc(F)cc1. The summed E-state index contributed by atoms with van der Waals surface area (Å²) in [6.45, 7) is 0.391. The van der Waals surface area contributed by atoms with Gasteiger partial charge in [0.1, 0.15) is 11.9 Å². The van der Waals surface area contributed by atoms with Gasteiger partial charge in [0.05, 0.1) is 6.26 Å². The smallest absolute Gasteiger partial charge is 0.241 e. The topological polar surface area (TPSA) is 69.7 Å². The van der Waals surface area contributed by atoms with Crippen LogP contribution < -0.4 is 5.32 Å². The third-order valence-corrected chi connectivity index (χ3v) is 4.56. The van der Waals surface area contributed by atoms with E-state index in [1.54, 1.807) is 31.1 Å². The molecule has 0 saturated carbocycles. The van der Waals surface area contributed by atoms with Gasteiger partial charge in [0.15, 0.2) is 0 Å². The molecule has 0 spiro atoms. The molecule has 1 amide bonds. The van der Waals surface area contributed by atoms with Crippen LogP contribution in [0.25, 0.3) is 0 Å².